The van der Waals surface area contributed by atoms with E-state index in [2.05, 4.69) is 14.9 Å². The molecule has 104 valence electrons. The third kappa shape index (κ3) is 2.71. The number of hydrogen-bond donors (Lipinski definition) is 1. The highest BCUT2D eigenvalue weighted by molar-refractivity contribution is 5.78. The average molecular weight is 273 g/mol. The van der Waals surface area contributed by atoms with Gasteiger partial charge in [0.25, 0.3) is 0 Å². The lowest BCUT2D eigenvalue weighted by Crippen LogP contribution is -2.35. The first-order valence-electron chi connectivity index (χ1n) is 6.74. The molecule has 1 aliphatic rings. The van der Waals surface area contributed by atoms with Crippen molar-refractivity contribution in [3.63, 3.8) is 0 Å². The molecule has 0 aliphatic carbocycles. The summed E-state index contributed by atoms with van der Waals surface area (Å²) in [4.78, 5) is 16.4. The Morgan fingerprint density at radius 2 is 2.20 bits per heavy atom. The highest BCUT2D eigenvalue weighted by Gasteiger charge is 2.24. The van der Waals surface area contributed by atoms with Crippen molar-refractivity contribution in [2.75, 3.05) is 0 Å². The molecule has 1 amide bonds. The molecule has 1 aromatic carbocycles. The second-order valence-corrected chi connectivity index (χ2v) is 5.07. The summed E-state index contributed by atoms with van der Waals surface area (Å²) >= 11 is 0. The summed E-state index contributed by atoms with van der Waals surface area (Å²) in [5, 5.41) is 2.91. The van der Waals surface area contributed by atoms with Crippen LogP contribution >= 0.6 is 0 Å². The van der Waals surface area contributed by atoms with Gasteiger partial charge in [-0.3, -0.25) is 4.79 Å². The van der Waals surface area contributed by atoms with Crippen molar-refractivity contribution in [1.82, 2.24) is 14.9 Å². The van der Waals surface area contributed by atoms with E-state index in [1.807, 2.05) is 6.20 Å². The molecule has 0 fully saturated rings. The lowest BCUT2D eigenvalue weighted by molar-refractivity contribution is -0.125. The minimum atomic E-state index is -0.265. The fraction of sp³-hybridized carbons (Fsp3) is 0.333. The number of benzene rings is 1. The van der Waals surface area contributed by atoms with Gasteiger partial charge in [0.15, 0.2) is 0 Å². The zero-order valence-corrected chi connectivity index (χ0v) is 11.1. The molecular weight excluding hydrogens is 257 g/mol. The van der Waals surface area contributed by atoms with Gasteiger partial charge < -0.3 is 9.88 Å². The molecule has 0 bridgehead atoms. The van der Waals surface area contributed by atoms with Crippen LogP contribution in [0.25, 0.3) is 0 Å². The van der Waals surface area contributed by atoms with Crippen LogP contribution in [0.2, 0.25) is 0 Å². The van der Waals surface area contributed by atoms with Gasteiger partial charge in [-0.15, -0.1) is 0 Å². The Morgan fingerprint density at radius 3 is 3.00 bits per heavy atom. The van der Waals surface area contributed by atoms with Crippen LogP contribution in [0.4, 0.5) is 4.39 Å². The summed E-state index contributed by atoms with van der Waals surface area (Å²) in [5.41, 5.74) is 0.900. The first-order chi connectivity index (χ1) is 9.72. The first kappa shape index (κ1) is 12.8. The number of fused-ring (bicyclic) bond motifs is 1. The summed E-state index contributed by atoms with van der Waals surface area (Å²) in [7, 11) is 0. The van der Waals surface area contributed by atoms with Crippen molar-refractivity contribution in [3.05, 3.63) is 53.9 Å². The van der Waals surface area contributed by atoms with Gasteiger partial charge in [-0.2, -0.15) is 0 Å². The third-order valence-corrected chi connectivity index (χ3v) is 3.70. The lowest BCUT2D eigenvalue weighted by Gasteiger charge is -2.22. The number of aromatic nitrogens is 2. The van der Waals surface area contributed by atoms with E-state index >= 15 is 0 Å². The maximum absolute atomic E-state index is 12.8. The number of carbonyl (C=O) groups excluding carboxylic acids is 1. The molecule has 1 unspecified atom stereocenters. The Labute approximate surface area is 116 Å². The second-order valence-electron chi connectivity index (χ2n) is 5.07. The summed E-state index contributed by atoms with van der Waals surface area (Å²) in [5.74, 6) is 0.728. The predicted molar refractivity (Wildman–Crippen MR) is 72.3 cm³/mol. The van der Waals surface area contributed by atoms with E-state index in [9.17, 15) is 9.18 Å². The van der Waals surface area contributed by atoms with Gasteiger partial charge >= 0.3 is 0 Å². The van der Waals surface area contributed by atoms with Crippen molar-refractivity contribution in [3.8, 4) is 0 Å². The predicted octanol–water partition coefficient (Wildman–Crippen LogP) is 1.90. The molecule has 0 radical (unpaired) electrons. The molecule has 1 aromatic heterocycles. The maximum Gasteiger partial charge on any atom is 0.223 e. The monoisotopic (exact) mass is 273 g/mol. The van der Waals surface area contributed by atoms with Crippen molar-refractivity contribution in [1.29, 1.82) is 0 Å². The fourth-order valence-corrected chi connectivity index (χ4v) is 2.51. The quantitative estimate of drug-likeness (QED) is 0.928. The highest BCUT2D eigenvalue weighted by Crippen LogP contribution is 2.19. The van der Waals surface area contributed by atoms with E-state index in [0.29, 0.717) is 13.0 Å². The molecule has 0 saturated carbocycles. The molecule has 1 N–H and O–H groups in total. The number of amides is 1. The number of hydrogen-bond acceptors (Lipinski definition) is 2. The number of nitrogens with one attached hydrogen (secondary N) is 1. The standard InChI is InChI=1S/C15H16FN3O/c16-13-3-1-11(2-4-13)10-18-15(20)12-5-7-19-8-6-17-14(19)9-12/h1-4,6,8,12H,5,7,9-10H2,(H,18,20). The largest absolute Gasteiger partial charge is 0.352 e. The first-order valence-corrected chi connectivity index (χ1v) is 6.74. The van der Waals surface area contributed by atoms with Gasteiger partial charge in [0, 0.05) is 37.8 Å². The molecule has 2 aromatic rings. The van der Waals surface area contributed by atoms with Crippen LogP contribution in [0.5, 0.6) is 0 Å². The number of halogens is 1. The second kappa shape index (κ2) is 5.45. The van der Waals surface area contributed by atoms with Crippen molar-refractivity contribution in [2.24, 2.45) is 5.92 Å². The Balaban J connectivity index is 1.56. The number of aryl methyl sites for hydroxylation is 1. The molecule has 1 aliphatic heterocycles. The maximum atomic E-state index is 12.8. The molecule has 2 heterocycles. The highest BCUT2D eigenvalue weighted by atomic mass is 19.1. The van der Waals surface area contributed by atoms with Gasteiger partial charge in [-0.25, -0.2) is 9.37 Å². The minimum absolute atomic E-state index is 0.0228. The topological polar surface area (TPSA) is 46.9 Å². The van der Waals surface area contributed by atoms with E-state index in [-0.39, 0.29) is 17.6 Å². The van der Waals surface area contributed by atoms with Gasteiger partial charge in [0.1, 0.15) is 11.6 Å². The summed E-state index contributed by atoms with van der Waals surface area (Å²) in [6, 6.07) is 6.17. The average Bonchev–Trinajstić information content (AvgIpc) is 2.93. The van der Waals surface area contributed by atoms with Gasteiger partial charge in [-0.1, -0.05) is 12.1 Å². The molecule has 0 spiro atoms. The minimum Gasteiger partial charge on any atom is -0.352 e. The lowest BCUT2D eigenvalue weighted by atomic mass is 9.97. The fourth-order valence-electron chi connectivity index (χ4n) is 2.51. The van der Waals surface area contributed by atoms with Crippen LogP contribution in [0.1, 0.15) is 17.8 Å². The van der Waals surface area contributed by atoms with Crippen molar-refractivity contribution >= 4 is 5.91 Å². The van der Waals surface area contributed by atoms with Crippen LogP contribution in [0, 0.1) is 11.7 Å². The molecule has 5 heteroatoms. The van der Waals surface area contributed by atoms with E-state index < -0.39 is 0 Å². The molecule has 4 nitrogen and oxygen atoms in total. The SMILES string of the molecule is O=C(NCc1ccc(F)cc1)C1CCn2ccnc2C1. The normalized spacial score (nSPS) is 17.6. The van der Waals surface area contributed by atoms with E-state index in [0.717, 1.165) is 24.4 Å². The summed E-state index contributed by atoms with van der Waals surface area (Å²) in [6.45, 7) is 1.27. The molecular formula is C15H16FN3O. The van der Waals surface area contributed by atoms with Crippen molar-refractivity contribution in [2.45, 2.75) is 25.9 Å². The molecule has 20 heavy (non-hydrogen) atoms. The van der Waals surface area contributed by atoms with Gasteiger partial charge in [-0.05, 0) is 24.1 Å². The number of carbonyl (C=O) groups is 1. The van der Waals surface area contributed by atoms with E-state index in [4.69, 9.17) is 0 Å². The van der Waals surface area contributed by atoms with Crippen LogP contribution in [0.15, 0.2) is 36.7 Å². The van der Waals surface area contributed by atoms with Crippen LogP contribution in [0.3, 0.4) is 0 Å². The smallest absolute Gasteiger partial charge is 0.223 e. The Morgan fingerprint density at radius 1 is 1.40 bits per heavy atom. The van der Waals surface area contributed by atoms with Crippen molar-refractivity contribution < 1.29 is 9.18 Å². The van der Waals surface area contributed by atoms with Gasteiger partial charge in [0.2, 0.25) is 5.91 Å². The zero-order valence-electron chi connectivity index (χ0n) is 11.1. The third-order valence-electron chi connectivity index (χ3n) is 3.70. The Kier molecular flexibility index (Phi) is 3.50. The molecule has 0 saturated heterocycles. The van der Waals surface area contributed by atoms with Crippen LogP contribution < -0.4 is 5.32 Å². The number of imidazole rings is 1. The zero-order chi connectivity index (χ0) is 13.9. The van der Waals surface area contributed by atoms with Crippen LogP contribution in [-0.2, 0) is 24.3 Å². The van der Waals surface area contributed by atoms with Gasteiger partial charge in [0.05, 0.1) is 0 Å². The summed E-state index contributed by atoms with van der Waals surface area (Å²) in [6.07, 6.45) is 5.23. The van der Waals surface area contributed by atoms with E-state index in [1.54, 1.807) is 18.3 Å². The summed E-state index contributed by atoms with van der Waals surface area (Å²) < 4.78 is 14.9. The molecule has 3 rings (SSSR count). The Hall–Kier alpha value is -2.17. The number of rotatable bonds is 3. The molecule has 1 atom stereocenters. The Bertz CT molecular complexity index is 606. The number of nitrogens with zero attached hydrogens (tertiary/aromatic N) is 2. The van der Waals surface area contributed by atoms with E-state index in [1.165, 1.54) is 12.1 Å². The van der Waals surface area contributed by atoms with Crippen LogP contribution in [-0.4, -0.2) is 15.5 Å².